The minimum Gasteiger partial charge on any atom is -0.387 e. The Kier molecular flexibility index (Phi) is 2.95. The molecule has 90 valence electrons. The molecule has 2 rings (SSSR count). The van der Waals surface area contributed by atoms with Crippen molar-refractivity contribution in [1.29, 1.82) is 5.26 Å². The maximum atomic E-state index is 10.8. The van der Waals surface area contributed by atoms with Crippen LogP contribution in [0, 0.1) is 16.7 Å². The molecule has 0 aromatic rings. The first-order valence-electron chi connectivity index (χ1n) is 5.95. The molecule has 4 heteroatoms. The fourth-order valence-corrected chi connectivity index (χ4v) is 2.98. The van der Waals surface area contributed by atoms with E-state index in [0.717, 1.165) is 12.8 Å². The summed E-state index contributed by atoms with van der Waals surface area (Å²) in [4.78, 5) is 2.12. The van der Waals surface area contributed by atoms with E-state index in [1.807, 2.05) is 7.05 Å². The molecule has 2 fully saturated rings. The average Bonchev–Trinajstić information content (AvgIpc) is 2.55. The van der Waals surface area contributed by atoms with Crippen LogP contribution in [0.3, 0.4) is 0 Å². The Balaban J connectivity index is 2.24. The Labute approximate surface area is 96.8 Å². The van der Waals surface area contributed by atoms with Crippen molar-refractivity contribution >= 4 is 0 Å². The third-order valence-electron chi connectivity index (χ3n) is 4.24. The van der Waals surface area contributed by atoms with Crippen LogP contribution in [0.15, 0.2) is 0 Å². The summed E-state index contributed by atoms with van der Waals surface area (Å²) in [6.07, 6.45) is 2.29. The Morgan fingerprint density at radius 3 is 2.75 bits per heavy atom. The highest BCUT2D eigenvalue weighted by Gasteiger charge is 2.56. The number of likely N-dealkylation sites (N-methyl/N-ethyl adjacent to an activating group) is 1. The van der Waals surface area contributed by atoms with Gasteiger partial charge < -0.3 is 14.7 Å². The molecule has 3 unspecified atom stereocenters. The summed E-state index contributed by atoms with van der Waals surface area (Å²) in [6, 6.07) is 2.67. The summed E-state index contributed by atoms with van der Waals surface area (Å²) >= 11 is 0. The van der Waals surface area contributed by atoms with Gasteiger partial charge in [-0.15, -0.1) is 0 Å². The number of β-amino-alcohol motifs (C(OH)–C–C–N with tert-alkyl or cyclic N) is 1. The summed E-state index contributed by atoms with van der Waals surface area (Å²) in [5.41, 5.74) is -1.61. The quantitative estimate of drug-likeness (QED) is 0.714. The van der Waals surface area contributed by atoms with Crippen LogP contribution in [0.2, 0.25) is 0 Å². The molecule has 0 radical (unpaired) electrons. The highest BCUT2D eigenvalue weighted by atomic mass is 16.5. The monoisotopic (exact) mass is 224 g/mol. The van der Waals surface area contributed by atoms with E-state index in [2.05, 4.69) is 17.9 Å². The van der Waals surface area contributed by atoms with Gasteiger partial charge >= 0.3 is 0 Å². The van der Waals surface area contributed by atoms with Crippen molar-refractivity contribution in [2.24, 2.45) is 5.41 Å². The summed E-state index contributed by atoms with van der Waals surface area (Å²) in [5, 5.41) is 20.2. The van der Waals surface area contributed by atoms with E-state index >= 15 is 0 Å². The van der Waals surface area contributed by atoms with E-state index in [1.165, 1.54) is 0 Å². The highest BCUT2D eigenvalue weighted by Crippen LogP contribution is 2.45. The third kappa shape index (κ3) is 1.64. The van der Waals surface area contributed by atoms with E-state index < -0.39 is 11.0 Å². The molecule has 2 saturated heterocycles. The number of nitrogens with zero attached hydrogens (tertiary/aromatic N) is 2. The molecule has 0 aliphatic carbocycles. The highest BCUT2D eigenvalue weighted by molar-refractivity contribution is 5.16. The molecule has 0 saturated carbocycles. The van der Waals surface area contributed by atoms with Crippen molar-refractivity contribution in [2.45, 2.75) is 37.8 Å². The molecule has 3 atom stereocenters. The van der Waals surface area contributed by atoms with E-state index in [-0.39, 0.29) is 0 Å². The number of aliphatic hydroxyl groups is 1. The maximum Gasteiger partial charge on any atom is 0.111 e. The first-order valence-corrected chi connectivity index (χ1v) is 5.95. The first kappa shape index (κ1) is 11.8. The van der Waals surface area contributed by atoms with Crippen molar-refractivity contribution < 1.29 is 9.84 Å². The van der Waals surface area contributed by atoms with Gasteiger partial charge in [0.2, 0.25) is 0 Å². The second kappa shape index (κ2) is 3.99. The third-order valence-corrected chi connectivity index (χ3v) is 4.24. The Morgan fingerprint density at radius 1 is 1.56 bits per heavy atom. The number of ether oxygens (including phenoxy) is 1. The minimum atomic E-state index is -0.906. The van der Waals surface area contributed by atoms with Crippen molar-refractivity contribution in [3.8, 4) is 6.07 Å². The largest absolute Gasteiger partial charge is 0.387 e. The second-order valence-corrected chi connectivity index (χ2v) is 5.35. The van der Waals surface area contributed by atoms with Gasteiger partial charge in [0.1, 0.15) is 5.41 Å². The molecule has 0 amide bonds. The topological polar surface area (TPSA) is 56.5 Å². The molecule has 4 nitrogen and oxygen atoms in total. The predicted octanol–water partition coefficient (Wildman–Crippen LogP) is 0.762. The van der Waals surface area contributed by atoms with E-state index in [9.17, 15) is 10.4 Å². The van der Waals surface area contributed by atoms with Crippen molar-refractivity contribution in [3.05, 3.63) is 0 Å². The molecule has 16 heavy (non-hydrogen) atoms. The summed E-state index contributed by atoms with van der Waals surface area (Å²) in [7, 11) is 2.00. The van der Waals surface area contributed by atoms with Gasteiger partial charge in [-0.25, -0.2) is 0 Å². The average molecular weight is 224 g/mol. The van der Waals surface area contributed by atoms with Crippen LogP contribution in [0.4, 0.5) is 0 Å². The molecule has 1 N–H and O–H groups in total. The number of hydrogen-bond acceptors (Lipinski definition) is 4. The van der Waals surface area contributed by atoms with Crippen molar-refractivity contribution in [1.82, 2.24) is 4.90 Å². The zero-order valence-corrected chi connectivity index (χ0v) is 10.1. The summed E-state index contributed by atoms with van der Waals surface area (Å²) in [5.74, 6) is 0. The molecule has 2 aliphatic rings. The zero-order chi connectivity index (χ0) is 11.8. The summed E-state index contributed by atoms with van der Waals surface area (Å²) < 4.78 is 5.42. The smallest absolute Gasteiger partial charge is 0.111 e. The number of hydrogen-bond donors (Lipinski definition) is 1. The maximum absolute atomic E-state index is 10.8. The lowest BCUT2D eigenvalue weighted by Gasteiger charge is -2.42. The number of nitriles is 1. The van der Waals surface area contributed by atoms with Crippen LogP contribution in [-0.2, 0) is 4.74 Å². The van der Waals surface area contributed by atoms with Crippen molar-refractivity contribution in [2.75, 3.05) is 26.8 Å². The SMILES string of the molecule is CC1CC(O)(C2(C#N)CCCOC2)CN1C. The Hall–Kier alpha value is -0.630. The van der Waals surface area contributed by atoms with Gasteiger partial charge in [-0.2, -0.15) is 5.26 Å². The van der Waals surface area contributed by atoms with E-state index in [1.54, 1.807) is 0 Å². The summed E-state index contributed by atoms with van der Waals surface area (Å²) in [6.45, 7) is 3.75. The van der Waals surface area contributed by atoms with E-state index in [0.29, 0.717) is 32.2 Å². The van der Waals surface area contributed by atoms with Gasteiger partial charge in [0, 0.05) is 19.2 Å². The number of likely N-dealkylation sites (tertiary alicyclic amines) is 1. The van der Waals surface area contributed by atoms with E-state index in [4.69, 9.17) is 4.74 Å². The lowest BCUT2D eigenvalue weighted by molar-refractivity contribution is -0.110. The molecular weight excluding hydrogens is 204 g/mol. The fraction of sp³-hybridized carbons (Fsp3) is 0.917. The van der Waals surface area contributed by atoms with Crippen LogP contribution >= 0.6 is 0 Å². The van der Waals surface area contributed by atoms with Crippen LogP contribution in [0.1, 0.15) is 26.2 Å². The zero-order valence-electron chi connectivity index (χ0n) is 10.1. The van der Waals surface area contributed by atoms with Crippen molar-refractivity contribution in [3.63, 3.8) is 0 Å². The van der Waals surface area contributed by atoms with Gasteiger partial charge in [-0.1, -0.05) is 0 Å². The molecule has 0 aromatic heterocycles. The van der Waals surface area contributed by atoms with Gasteiger partial charge in [-0.3, -0.25) is 0 Å². The minimum absolute atomic E-state index is 0.331. The molecule has 0 aromatic carbocycles. The van der Waals surface area contributed by atoms with Crippen LogP contribution < -0.4 is 0 Å². The molecule has 0 spiro atoms. The normalized spacial score (nSPS) is 45.5. The standard InChI is InChI=1S/C12H20N2O2/c1-10-6-12(15,8-14(10)2)11(7-13)4-3-5-16-9-11/h10,15H,3-6,8-9H2,1-2H3. The lowest BCUT2D eigenvalue weighted by Crippen LogP contribution is -2.53. The molecule has 0 bridgehead atoms. The first-order chi connectivity index (χ1) is 7.53. The van der Waals surface area contributed by atoms with Gasteiger partial charge in [0.15, 0.2) is 0 Å². The molecule has 2 heterocycles. The number of rotatable bonds is 1. The molecular formula is C12H20N2O2. The van der Waals surface area contributed by atoms with Gasteiger partial charge in [-0.05, 0) is 33.2 Å². The van der Waals surface area contributed by atoms with Crippen LogP contribution in [0.5, 0.6) is 0 Å². The van der Waals surface area contributed by atoms with Crippen LogP contribution in [-0.4, -0.2) is 48.5 Å². The Morgan fingerprint density at radius 2 is 2.31 bits per heavy atom. The van der Waals surface area contributed by atoms with Crippen LogP contribution in [0.25, 0.3) is 0 Å². The molecule has 2 aliphatic heterocycles. The predicted molar refractivity (Wildman–Crippen MR) is 59.8 cm³/mol. The lowest BCUT2D eigenvalue weighted by atomic mass is 9.68. The van der Waals surface area contributed by atoms with Gasteiger partial charge in [0.25, 0.3) is 0 Å². The fourth-order valence-electron chi connectivity index (χ4n) is 2.98. The second-order valence-electron chi connectivity index (χ2n) is 5.35. The Bertz CT molecular complexity index is 295. The van der Waals surface area contributed by atoms with Gasteiger partial charge in [0.05, 0.1) is 18.3 Å².